The third kappa shape index (κ3) is 5.26. The lowest BCUT2D eigenvalue weighted by Gasteiger charge is -2.07. The van der Waals surface area contributed by atoms with E-state index in [1.54, 1.807) is 6.07 Å². The molecule has 0 bridgehead atoms. The summed E-state index contributed by atoms with van der Waals surface area (Å²) < 4.78 is 4.78. The lowest BCUT2D eigenvalue weighted by molar-refractivity contribution is -0.120. The Balaban J connectivity index is 2.44. The van der Waals surface area contributed by atoms with E-state index in [0.717, 1.165) is 0 Å². The number of nitrogen functional groups attached to an aromatic ring is 2. The molecule has 0 aromatic heterocycles. The van der Waals surface area contributed by atoms with Crippen molar-refractivity contribution in [3.05, 3.63) is 23.8 Å². The van der Waals surface area contributed by atoms with Gasteiger partial charge < -0.3 is 26.8 Å². The molecule has 19 heavy (non-hydrogen) atoms. The van der Waals surface area contributed by atoms with Crippen molar-refractivity contribution in [1.82, 2.24) is 10.6 Å². The molecule has 6 N–H and O–H groups in total. The van der Waals surface area contributed by atoms with Crippen LogP contribution in [0.1, 0.15) is 10.4 Å². The van der Waals surface area contributed by atoms with E-state index < -0.39 is 5.91 Å². The minimum absolute atomic E-state index is 0.114. The van der Waals surface area contributed by atoms with Gasteiger partial charge in [0, 0.05) is 30.6 Å². The fraction of sp³-hybridized carbons (Fsp3) is 0.333. The second-order valence-electron chi connectivity index (χ2n) is 3.91. The number of benzene rings is 1. The van der Waals surface area contributed by atoms with Crippen molar-refractivity contribution < 1.29 is 14.3 Å². The number of hydrogen-bond acceptors (Lipinski definition) is 5. The first-order chi connectivity index (χ1) is 9.02. The molecule has 2 amide bonds. The molecule has 0 unspecified atom stereocenters. The molecule has 0 aliphatic carbocycles. The lowest BCUT2D eigenvalue weighted by Crippen LogP contribution is -2.38. The van der Waals surface area contributed by atoms with E-state index in [-0.39, 0.29) is 12.5 Å². The third-order valence-corrected chi connectivity index (χ3v) is 2.28. The van der Waals surface area contributed by atoms with Crippen molar-refractivity contribution in [3.63, 3.8) is 0 Å². The summed E-state index contributed by atoms with van der Waals surface area (Å²) in [7, 11) is 1.54. The number of carbonyl (C=O) groups excluding carboxylic acids is 2. The van der Waals surface area contributed by atoms with Crippen LogP contribution in [-0.2, 0) is 9.53 Å². The number of amides is 2. The fourth-order valence-corrected chi connectivity index (χ4v) is 1.43. The van der Waals surface area contributed by atoms with E-state index >= 15 is 0 Å². The second-order valence-corrected chi connectivity index (χ2v) is 3.91. The number of nitrogens with one attached hydrogen (secondary N) is 2. The molecule has 7 nitrogen and oxygen atoms in total. The van der Waals surface area contributed by atoms with Crippen LogP contribution < -0.4 is 22.1 Å². The Bertz CT molecular complexity index is 442. The Kier molecular flexibility index (Phi) is 5.62. The summed E-state index contributed by atoms with van der Waals surface area (Å²) in [5, 5.41) is 5.06. The van der Waals surface area contributed by atoms with Crippen LogP contribution >= 0.6 is 0 Å². The van der Waals surface area contributed by atoms with Gasteiger partial charge in [-0.05, 0) is 18.2 Å². The zero-order chi connectivity index (χ0) is 14.3. The van der Waals surface area contributed by atoms with Gasteiger partial charge in [-0.2, -0.15) is 0 Å². The van der Waals surface area contributed by atoms with Gasteiger partial charge in [0.2, 0.25) is 5.91 Å². The predicted molar refractivity (Wildman–Crippen MR) is 72.5 cm³/mol. The molecule has 0 aliphatic rings. The number of methoxy groups -OCH3 is 1. The van der Waals surface area contributed by atoms with Gasteiger partial charge in [0.25, 0.3) is 5.91 Å². The number of rotatable bonds is 6. The van der Waals surface area contributed by atoms with Crippen LogP contribution in [0.4, 0.5) is 11.4 Å². The van der Waals surface area contributed by atoms with Crippen LogP contribution in [0.3, 0.4) is 0 Å². The highest BCUT2D eigenvalue weighted by Gasteiger charge is 2.09. The van der Waals surface area contributed by atoms with E-state index in [2.05, 4.69) is 10.6 Å². The second kappa shape index (κ2) is 7.22. The summed E-state index contributed by atoms with van der Waals surface area (Å²) in [6.07, 6.45) is 0. The summed E-state index contributed by atoms with van der Waals surface area (Å²) in [5.41, 5.74) is 12.3. The van der Waals surface area contributed by atoms with Crippen molar-refractivity contribution >= 4 is 23.2 Å². The Morgan fingerprint density at radius 2 is 1.79 bits per heavy atom. The van der Waals surface area contributed by atoms with Gasteiger partial charge in [0.1, 0.15) is 0 Å². The molecule has 1 aromatic rings. The Labute approximate surface area is 111 Å². The van der Waals surface area contributed by atoms with Gasteiger partial charge in [-0.15, -0.1) is 0 Å². The van der Waals surface area contributed by atoms with E-state index in [0.29, 0.717) is 30.1 Å². The van der Waals surface area contributed by atoms with Gasteiger partial charge in [0.05, 0.1) is 13.2 Å². The molecule has 0 heterocycles. The summed E-state index contributed by atoms with van der Waals surface area (Å²) >= 11 is 0. The maximum absolute atomic E-state index is 11.8. The molecule has 0 saturated carbocycles. The Morgan fingerprint density at radius 3 is 2.37 bits per heavy atom. The smallest absolute Gasteiger partial charge is 0.251 e. The normalized spacial score (nSPS) is 9.95. The number of hydrogen-bond donors (Lipinski definition) is 4. The lowest BCUT2D eigenvalue weighted by atomic mass is 10.1. The van der Waals surface area contributed by atoms with Gasteiger partial charge in [-0.25, -0.2) is 0 Å². The summed E-state index contributed by atoms with van der Waals surface area (Å²) in [5.74, 6) is -0.692. The topological polar surface area (TPSA) is 119 Å². The fourth-order valence-electron chi connectivity index (χ4n) is 1.43. The number of ether oxygens (including phenoxy) is 1. The molecule has 7 heteroatoms. The van der Waals surface area contributed by atoms with Crippen LogP contribution in [0.2, 0.25) is 0 Å². The molecule has 1 rings (SSSR count). The predicted octanol–water partition coefficient (Wildman–Crippen LogP) is -0.657. The van der Waals surface area contributed by atoms with Crippen LogP contribution in [0.25, 0.3) is 0 Å². The largest absolute Gasteiger partial charge is 0.399 e. The average molecular weight is 266 g/mol. The molecule has 0 spiro atoms. The van der Waals surface area contributed by atoms with Crippen LogP contribution in [-0.4, -0.2) is 38.6 Å². The maximum Gasteiger partial charge on any atom is 0.251 e. The molecule has 0 saturated heterocycles. The summed E-state index contributed by atoms with van der Waals surface area (Å²) in [6, 6.07) is 4.54. The number of nitrogens with two attached hydrogens (primary N) is 2. The first-order valence-electron chi connectivity index (χ1n) is 5.73. The highest BCUT2D eigenvalue weighted by molar-refractivity contribution is 5.98. The quantitative estimate of drug-likeness (QED) is 0.402. The molecular weight excluding hydrogens is 248 g/mol. The minimum Gasteiger partial charge on any atom is -0.399 e. The first-order valence-corrected chi connectivity index (χ1v) is 5.73. The van der Waals surface area contributed by atoms with Crippen molar-refractivity contribution in [3.8, 4) is 0 Å². The molecule has 0 radical (unpaired) electrons. The zero-order valence-corrected chi connectivity index (χ0v) is 10.7. The molecule has 104 valence electrons. The summed E-state index contributed by atoms with van der Waals surface area (Å²) in [4.78, 5) is 23.1. The maximum atomic E-state index is 11.8. The van der Waals surface area contributed by atoms with Gasteiger partial charge >= 0.3 is 0 Å². The monoisotopic (exact) mass is 266 g/mol. The molecule has 1 aromatic carbocycles. The zero-order valence-electron chi connectivity index (χ0n) is 10.7. The molecular formula is C12H18N4O3. The Morgan fingerprint density at radius 1 is 1.16 bits per heavy atom. The van der Waals surface area contributed by atoms with Crippen molar-refractivity contribution in [2.24, 2.45) is 0 Å². The van der Waals surface area contributed by atoms with Crippen LogP contribution in [0, 0.1) is 0 Å². The highest BCUT2D eigenvalue weighted by Crippen LogP contribution is 2.13. The van der Waals surface area contributed by atoms with E-state index in [4.69, 9.17) is 16.2 Å². The van der Waals surface area contributed by atoms with Gasteiger partial charge in [-0.3, -0.25) is 9.59 Å². The van der Waals surface area contributed by atoms with Crippen molar-refractivity contribution in [2.75, 3.05) is 38.3 Å². The molecule has 0 aliphatic heterocycles. The van der Waals surface area contributed by atoms with Gasteiger partial charge in [-0.1, -0.05) is 0 Å². The van der Waals surface area contributed by atoms with Gasteiger partial charge in [0.15, 0.2) is 0 Å². The molecule has 0 fully saturated rings. The van der Waals surface area contributed by atoms with Crippen molar-refractivity contribution in [1.29, 1.82) is 0 Å². The van der Waals surface area contributed by atoms with Crippen LogP contribution in [0.5, 0.6) is 0 Å². The summed E-state index contributed by atoms with van der Waals surface area (Å²) in [6.45, 7) is 0.707. The van der Waals surface area contributed by atoms with Crippen LogP contribution in [0.15, 0.2) is 18.2 Å². The standard InChI is InChI=1S/C12H18N4O3/c1-19-3-2-15-11(17)7-16-12(18)8-4-9(13)6-10(14)5-8/h4-6H,2-3,7,13-14H2,1H3,(H,15,17)(H,16,18). The highest BCUT2D eigenvalue weighted by atomic mass is 16.5. The minimum atomic E-state index is -0.402. The Hall–Kier alpha value is -2.28. The number of carbonyl (C=O) groups is 2. The average Bonchev–Trinajstić information content (AvgIpc) is 2.35. The SMILES string of the molecule is COCCNC(=O)CNC(=O)c1cc(N)cc(N)c1. The molecule has 0 atom stereocenters. The first kappa shape index (κ1) is 14.8. The van der Waals surface area contributed by atoms with E-state index in [1.165, 1.54) is 19.2 Å². The third-order valence-electron chi connectivity index (χ3n) is 2.28. The van der Waals surface area contributed by atoms with E-state index in [1.807, 2.05) is 0 Å². The van der Waals surface area contributed by atoms with E-state index in [9.17, 15) is 9.59 Å². The number of anilines is 2. The van der Waals surface area contributed by atoms with Crippen molar-refractivity contribution in [2.45, 2.75) is 0 Å².